The van der Waals surface area contributed by atoms with Crippen LogP contribution in [0.4, 0.5) is 5.69 Å². The zero-order chi connectivity index (χ0) is 15.4. The first-order valence-electron chi connectivity index (χ1n) is 7.05. The Morgan fingerprint density at radius 3 is 2.43 bits per heavy atom. The number of carbonyl (C=O) groups excluding carboxylic acids is 2. The molecular formula is C15H21N3O3. The molecule has 1 aliphatic rings. The number of nitrogen functional groups attached to an aromatic ring is 1. The van der Waals surface area contributed by atoms with Gasteiger partial charge in [-0.2, -0.15) is 0 Å². The summed E-state index contributed by atoms with van der Waals surface area (Å²) < 4.78 is 5.06. The number of carbonyl (C=O) groups is 2. The predicted molar refractivity (Wildman–Crippen MR) is 79.8 cm³/mol. The van der Waals surface area contributed by atoms with Crippen molar-refractivity contribution < 1.29 is 14.3 Å². The SMILES string of the molecule is COc1ccc(C(=O)NC2CCC(C(N)=O)CC2)cc1N. The van der Waals surface area contributed by atoms with Gasteiger partial charge in [0.15, 0.2) is 0 Å². The third-order valence-corrected chi connectivity index (χ3v) is 3.96. The molecule has 0 spiro atoms. The van der Waals surface area contributed by atoms with Crippen LogP contribution in [0.1, 0.15) is 36.0 Å². The fraction of sp³-hybridized carbons (Fsp3) is 0.467. The summed E-state index contributed by atoms with van der Waals surface area (Å²) in [5.41, 5.74) is 12.0. The van der Waals surface area contributed by atoms with Crippen LogP contribution in [0.3, 0.4) is 0 Å². The highest BCUT2D eigenvalue weighted by Gasteiger charge is 2.25. The van der Waals surface area contributed by atoms with Gasteiger partial charge in [-0.3, -0.25) is 9.59 Å². The molecule has 0 bridgehead atoms. The second-order valence-electron chi connectivity index (χ2n) is 5.38. The highest BCUT2D eigenvalue weighted by Crippen LogP contribution is 2.25. The molecule has 0 aromatic heterocycles. The van der Waals surface area contributed by atoms with E-state index in [1.54, 1.807) is 18.2 Å². The van der Waals surface area contributed by atoms with Gasteiger partial charge in [-0.25, -0.2) is 0 Å². The summed E-state index contributed by atoms with van der Waals surface area (Å²) in [6, 6.07) is 5.04. The predicted octanol–water partition coefficient (Wildman–Crippen LogP) is 1.05. The lowest BCUT2D eigenvalue weighted by Gasteiger charge is -2.27. The van der Waals surface area contributed by atoms with Crippen molar-refractivity contribution in [3.8, 4) is 5.75 Å². The van der Waals surface area contributed by atoms with E-state index in [2.05, 4.69) is 5.32 Å². The number of methoxy groups -OCH3 is 1. The molecule has 0 atom stereocenters. The van der Waals surface area contributed by atoms with E-state index >= 15 is 0 Å². The Bertz CT molecular complexity index is 537. The van der Waals surface area contributed by atoms with E-state index in [9.17, 15) is 9.59 Å². The lowest BCUT2D eigenvalue weighted by molar-refractivity contribution is -0.122. The van der Waals surface area contributed by atoms with Gasteiger partial charge in [0.1, 0.15) is 5.75 Å². The fourth-order valence-electron chi connectivity index (χ4n) is 2.67. The second kappa shape index (κ2) is 6.47. The lowest BCUT2D eigenvalue weighted by Crippen LogP contribution is -2.39. The topological polar surface area (TPSA) is 107 Å². The van der Waals surface area contributed by atoms with Crippen LogP contribution in [-0.2, 0) is 4.79 Å². The molecule has 1 saturated carbocycles. The van der Waals surface area contributed by atoms with Crippen molar-refractivity contribution in [1.82, 2.24) is 5.32 Å². The number of hydrogen-bond donors (Lipinski definition) is 3. The third kappa shape index (κ3) is 3.65. The summed E-state index contributed by atoms with van der Waals surface area (Å²) >= 11 is 0. The van der Waals surface area contributed by atoms with Gasteiger partial charge in [0.05, 0.1) is 12.8 Å². The highest BCUT2D eigenvalue weighted by molar-refractivity contribution is 5.95. The van der Waals surface area contributed by atoms with Gasteiger partial charge >= 0.3 is 0 Å². The molecular weight excluding hydrogens is 270 g/mol. The third-order valence-electron chi connectivity index (χ3n) is 3.96. The van der Waals surface area contributed by atoms with Crippen molar-refractivity contribution in [1.29, 1.82) is 0 Å². The van der Waals surface area contributed by atoms with Crippen molar-refractivity contribution in [2.24, 2.45) is 11.7 Å². The molecule has 0 heterocycles. The van der Waals surface area contributed by atoms with Crippen LogP contribution in [0.5, 0.6) is 5.75 Å². The van der Waals surface area contributed by atoms with E-state index in [0.717, 1.165) is 25.7 Å². The van der Waals surface area contributed by atoms with E-state index in [1.165, 1.54) is 7.11 Å². The maximum absolute atomic E-state index is 12.2. The first kappa shape index (κ1) is 15.2. The molecule has 1 aromatic carbocycles. The quantitative estimate of drug-likeness (QED) is 0.721. The molecule has 1 fully saturated rings. The summed E-state index contributed by atoms with van der Waals surface area (Å²) in [6.45, 7) is 0. The smallest absolute Gasteiger partial charge is 0.251 e. The molecule has 0 unspecified atom stereocenters. The van der Waals surface area contributed by atoms with Crippen molar-refractivity contribution in [3.63, 3.8) is 0 Å². The van der Waals surface area contributed by atoms with E-state index in [0.29, 0.717) is 17.0 Å². The summed E-state index contributed by atoms with van der Waals surface area (Å²) in [4.78, 5) is 23.3. The first-order chi connectivity index (χ1) is 10.0. The van der Waals surface area contributed by atoms with Crippen molar-refractivity contribution >= 4 is 17.5 Å². The van der Waals surface area contributed by atoms with Crippen molar-refractivity contribution in [2.75, 3.05) is 12.8 Å². The summed E-state index contributed by atoms with van der Waals surface area (Å²) in [5.74, 6) is 0.0814. The molecule has 114 valence electrons. The molecule has 6 heteroatoms. The minimum atomic E-state index is -0.247. The molecule has 0 radical (unpaired) electrons. The molecule has 0 aliphatic heterocycles. The van der Waals surface area contributed by atoms with Crippen LogP contribution in [0.2, 0.25) is 0 Å². The number of primary amides is 1. The Morgan fingerprint density at radius 1 is 1.24 bits per heavy atom. The molecule has 0 saturated heterocycles. The molecule has 5 N–H and O–H groups in total. The number of anilines is 1. The second-order valence-corrected chi connectivity index (χ2v) is 5.38. The van der Waals surface area contributed by atoms with E-state index in [4.69, 9.17) is 16.2 Å². The molecule has 2 amide bonds. The molecule has 2 rings (SSSR count). The van der Waals surface area contributed by atoms with Gasteiger partial charge in [-0.1, -0.05) is 0 Å². The number of amides is 2. The minimum Gasteiger partial charge on any atom is -0.495 e. The van der Waals surface area contributed by atoms with Crippen LogP contribution < -0.4 is 21.5 Å². The van der Waals surface area contributed by atoms with E-state index in [1.807, 2.05) is 0 Å². The van der Waals surface area contributed by atoms with Crippen LogP contribution >= 0.6 is 0 Å². The van der Waals surface area contributed by atoms with Gasteiger partial charge in [-0.05, 0) is 43.9 Å². The zero-order valence-corrected chi connectivity index (χ0v) is 12.1. The number of rotatable bonds is 4. The number of nitrogens with two attached hydrogens (primary N) is 2. The van der Waals surface area contributed by atoms with Crippen LogP contribution in [0.15, 0.2) is 18.2 Å². The van der Waals surface area contributed by atoms with Gasteiger partial charge in [0.25, 0.3) is 5.91 Å². The van der Waals surface area contributed by atoms with Crippen molar-refractivity contribution in [3.05, 3.63) is 23.8 Å². The number of ether oxygens (including phenoxy) is 1. The van der Waals surface area contributed by atoms with Crippen LogP contribution in [0.25, 0.3) is 0 Å². The average Bonchev–Trinajstić information content (AvgIpc) is 2.47. The molecule has 6 nitrogen and oxygen atoms in total. The van der Waals surface area contributed by atoms with Crippen molar-refractivity contribution in [2.45, 2.75) is 31.7 Å². The highest BCUT2D eigenvalue weighted by atomic mass is 16.5. The standard InChI is InChI=1S/C15H21N3O3/c1-21-13-7-4-10(8-12(13)16)15(20)18-11-5-2-9(3-6-11)14(17)19/h4,7-9,11H,2-3,5-6,16H2,1H3,(H2,17,19)(H,18,20). The summed E-state index contributed by atoms with van der Waals surface area (Å²) in [6.07, 6.45) is 2.99. The van der Waals surface area contributed by atoms with E-state index in [-0.39, 0.29) is 23.8 Å². The van der Waals surface area contributed by atoms with Crippen LogP contribution in [-0.4, -0.2) is 25.0 Å². The summed E-state index contributed by atoms with van der Waals surface area (Å²) in [5, 5.41) is 2.97. The van der Waals surface area contributed by atoms with E-state index < -0.39 is 0 Å². The average molecular weight is 291 g/mol. The summed E-state index contributed by atoms with van der Waals surface area (Å²) in [7, 11) is 1.53. The maximum Gasteiger partial charge on any atom is 0.251 e. The maximum atomic E-state index is 12.2. The van der Waals surface area contributed by atoms with Crippen LogP contribution in [0, 0.1) is 5.92 Å². The molecule has 21 heavy (non-hydrogen) atoms. The Morgan fingerprint density at radius 2 is 1.90 bits per heavy atom. The lowest BCUT2D eigenvalue weighted by atomic mass is 9.85. The zero-order valence-electron chi connectivity index (χ0n) is 12.1. The Hall–Kier alpha value is -2.24. The molecule has 1 aliphatic carbocycles. The molecule has 1 aromatic rings. The van der Waals surface area contributed by atoms with Gasteiger partial charge < -0.3 is 21.5 Å². The Kier molecular flexibility index (Phi) is 4.67. The minimum absolute atomic E-state index is 0.0604. The largest absolute Gasteiger partial charge is 0.495 e. The number of benzene rings is 1. The first-order valence-corrected chi connectivity index (χ1v) is 7.05. The monoisotopic (exact) mass is 291 g/mol. The number of nitrogens with one attached hydrogen (secondary N) is 1. The Balaban J connectivity index is 1.93. The fourth-order valence-corrected chi connectivity index (χ4v) is 2.67. The van der Waals surface area contributed by atoms with Gasteiger partial charge in [0.2, 0.25) is 5.91 Å². The normalized spacial score (nSPS) is 21.6. The Labute approximate surface area is 123 Å². The van der Waals surface area contributed by atoms with Gasteiger partial charge in [0, 0.05) is 17.5 Å². The number of hydrogen-bond acceptors (Lipinski definition) is 4. The van der Waals surface area contributed by atoms with Gasteiger partial charge in [-0.15, -0.1) is 0 Å².